The Labute approximate surface area is 160 Å². The van der Waals surface area contributed by atoms with Gasteiger partial charge in [0.1, 0.15) is 0 Å². The van der Waals surface area contributed by atoms with E-state index in [1.54, 1.807) is 0 Å². The molecule has 0 radical (unpaired) electrons. The molecular weight excluding hydrogens is 326 g/mol. The molecule has 0 rings (SSSR count). The van der Waals surface area contributed by atoms with Crippen molar-refractivity contribution >= 4 is 11.9 Å². The highest BCUT2D eigenvalue weighted by Crippen LogP contribution is 2.13. The fourth-order valence-corrected chi connectivity index (χ4v) is 3.09. The summed E-state index contributed by atoms with van der Waals surface area (Å²) in [5, 5.41) is 11.1. The predicted octanol–water partition coefficient (Wildman–Crippen LogP) is 6.00. The van der Waals surface area contributed by atoms with Gasteiger partial charge in [-0.2, -0.15) is 0 Å². The normalized spacial score (nSPS) is 11.1. The number of carboxylic acid groups (broad SMARTS) is 1. The van der Waals surface area contributed by atoms with Crippen LogP contribution in [0.3, 0.4) is 0 Å². The van der Waals surface area contributed by atoms with Gasteiger partial charge < -0.3 is 10.4 Å². The summed E-state index contributed by atoms with van der Waals surface area (Å²) >= 11 is 0. The molecule has 0 aromatic carbocycles. The first-order valence-electron chi connectivity index (χ1n) is 10.9. The summed E-state index contributed by atoms with van der Waals surface area (Å²) in [7, 11) is 0. The molecule has 0 aliphatic carbocycles. The number of hydrogen-bond donors (Lipinski definition) is 2. The second-order valence-corrected chi connectivity index (χ2v) is 7.27. The van der Waals surface area contributed by atoms with E-state index in [2.05, 4.69) is 12.2 Å². The van der Waals surface area contributed by atoms with Crippen LogP contribution in [0, 0.1) is 0 Å². The van der Waals surface area contributed by atoms with E-state index in [0.717, 1.165) is 25.0 Å². The molecule has 0 heterocycles. The highest BCUT2D eigenvalue weighted by atomic mass is 16.4. The Morgan fingerprint density at radius 2 is 1.04 bits per heavy atom. The first kappa shape index (κ1) is 24.7. The average molecular weight is 368 g/mol. The zero-order valence-corrected chi connectivity index (χ0v) is 16.9. The summed E-state index contributed by atoms with van der Waals surface area (Å²) in [6.07, 6.45) is 23.2. The van der Waals surface area contributed by atoms with Crippen molar-refractivity contribution in [2.24, 2.45) is 0 Å². The van der Waals surface area contributed by atoms with E-state index in [1.165, 1.54) is 89.9 Å². The van der Waals surface area contributed by atoms with Gasteiger partial charge in [-0.15, -0.1) is 0 Å². The van der Waals surface area contributed by atoms with Gasteiger partial charge in [0.2, 0.25) is 5.91 Å². The minimum atomic E-state index is -1.09. The van der Waals surface area contributed by atoms with Crippen molar-refractivity contribution in [1.82, 2.24) is 5.32 Å². The quantitative estimate of drug-likeness (QED) is 0.217. The minimum Gasteiger partial charge on any atom is -0.478 e. The molecule has 0 fully saturated rings. The second-order valence-electron chi connectivity index (χ2n) is 7.27. The molecule has 0 saturated carbocycles. The number of carbonyl (C=O) groups excluding carboxylic acids is 1. The number of unbranched alkanes of at least 4 members (excludes halogenated alkanes) is 15. The van der Waals surface area contributed by atoms with Crippen molar-refractivity contribution in [1.29, 1.82) is 0 Å². The van der Waals surface area contributed by atoms with Crippen LogP contribution in [0.4, 0.5) is 0 Å². The van der Waals surface area contributed by atoms with E-state index >= 15 is 0 Å². The molecule has 0 spiro atoms. The van der Waals surface area contributed by atoms with Crippen LogP contribution < -0.4 is 5.32 Å². The lowest BCUT2D eigenvalue weighted by Gasteiger charge is -2.04. The lowest BCUT2D eigenvalue weighted by Crippen LogP contribution is -2.22. The molecule has 0 unspecified atom stereocenters. The minimum absolute atomic E-state index is 0.326. The van der Waals surface area contributed by atoms with Crippen LogP contribution in [0.15, 0.2) is 12.2 Å². The van der Waals surface area contributed by atoms with Crippen molar-refractivity contribution in [2.75, 3.05) is 6.54 Å². The number of carbonyl (C=O) groups is 2. The van der Waals surface area contributed by atoms with Crippen LogP contribution in [0.2, 0.25) is 0 Å². The molecule has 26 heavy (non-hydrogen) atoms. The molecule has 0 saturated heterocycles. The molecule has 4 nitrogen and oxygen atoms in total. The molecule has 0 bridgehead atoms. The van der Waals surface area contributed by atoms with Crippen molar-refractivity contribution < 1.29 is 14.7 Å². The lowest BCUT2D eigenvalue weighted by molar-refractivity contribution is -0.131. The van der Waals surface area contributed by atoms with E-state index in [1.807, 2.05) is 0 Å². The molecule has 0 aliphatic heterocycles. The first-order valence-corrected chi connectivity index (χ1v) is 10.9. The molecule has 4 heteroatoms. The number of rotatable bonds is 19. The number of amides is 1. The molecule has 0 aliphatic rings. The van der Waals surface area contributed by atoms with Gasteiger partial charge in [0.25, 0.3) is 0 Å². The van der Waals surface area contributed by atoms with E-state index < -0.39 is 5.97 Å². The Balaban J connectivity index is 3.13. The Bertz CT molecular complexity index is 366. The zero-order valence-electron chi connectivity index (χ0n) is 16.9. The van der Waals surface area contributed by atoms with Gasteiger partial charge in [-0.05, 0) is 6.42 Å². The SMILES string of the molecule is CCCCCCCCCCCCCCCCCCNC(=O)/C=C\C(=O)O. The topological polar surface area (TPSA) is 66.4 Å². The van der Waals surface area contributed by atoms with Crippen LogP contribution in [0.25, 0.3) is 0 Å². The molecular formula is C22H41NO3. The maximum Gasteiger partial charge on any atom is 0.328 e. The maximum atomic E-state index is 11.2. The Hall–Kier alpha value is -1.32. The summed E-state index contributed by atoms with van der Waals surface area (Å²) < 4.78 is 0. The number of aliphatic carboxylic acids is 1. The van der Waals surface area contributed by atoms with Crippen LogP contribution >= 0.6 is 0 Å². The van der Waals surface area contributed by atoms with Gasteiger partial charge in [0.05, 0.1) is 0 Å². The van der Waals surface area contributed by atoms with Gasteiger partial charge in [-0.1, -0.05) is 103 Å². The summed E-state index contributed by atoms with van der Waals surface area (Å²) in [6.45, 7) is 2.89. The van der Waals surface area contributed by atoms with E-state index in [-0.39, 0.29) is 5.91 Å². The van der Waals surface area contributed by atoms with Crippen molar-refractivity contribution in [3.05, 3.63) is 12.2 Å². The highest BCUT2D eigenvalue weighted by Gasteiger charge is 1.97. The van der Waals surface area contributed by atoms with Crippen LogP contribution in [0.1, 0.15) is 110 Å². The molecule has 2 N–H and O–H groups in total. The zero-order chi connectivity index (χ0) is 19.3. The van der Waals surface area contributed by atoms with E-state index in [9.17, 15) is 9.59 Å². The molecule has 0 atom stereocenters. The standard InChI is InChI=1S/C22H41NO3/c1-2-3-4-5-6-7-8-9-10-11-12-13-14-15-16-17-20-23-21(24)18-19-22(25)26/h18-19H,2-17,20H2,1H3,(H,23,24)(H,25,26)/b19-18-. The molecule has 0 aromatic rings. The van der Waals surface area contributed by atoms with E-state index in [0.29, 0.717) is 6.54 Å². The summed E-state index contributed by atoms with van der Waals surface area (Å²) in [6, 6.07) is 0. The predicted molar refractivity (Wildman–Crippen MR) is 109 cm³/mol. The first-order chi connectivity index (χ1) is 12.7. The van der Waals surface area contributed by atoms with Gasteiger partial charge >= 0.3 is 5.97 Å². The van der Waals surface area contributed by atoms with Gasteiger partial charge in [0.15, 0.2) is 0 Å². The third-order valence-electron chi connectivity index (χ3n) is 4.71. The van der Waals surface area contributed by atoms with Crippen LogP contribution in [-0.4, -0.2) is 23.5 Å². The Morgan fingerprint density at radius 3 is 1.42 bits per heavy atom. The summed E-state index contributed by atoms with van der Waals surface area (Å²) in [5.41, 5.74) is 0. The Morgan fingerprint density at radius 1 is 0.654 bits per heavy atom. The molecule has 0 aromatic heterocycles. The van der Waals surface area contributed by atoms with Crippen LogP contribution in [0.5, 0.6) is 0 Å². The van der Waals surface area contributed by atoms with Crippen molar-refractivity contribution in [3.8, 4) is 0 Å². The molecule has 1 amide bonds. The highest BCUT2D eigenvalue weighted by molar-refractivity contribution is 5.93. The summed E-state index contributed by atoms with van der Waals surface area (Å²) in [5.74, 6) is -1.42. The van der Waals surface area contributed by atoms with Gasteiger partial charge in [-0.3, -0.25) is 4.79 Å². The third-order valence-corrected chi connectivity index (χ3v) is 4.71. The smallest absolute Gasteiger partial charge is 0.328 e. The number of hydrogen-bond acceptors (Lipinski definition) is 2. The van der Waals surface area contributed by atoms with E-state index in [4.69, 9.17) is 5.11 Å². The monoisotopic (exact) mass is 367 g/mol. The third kappa shape index (κ3) is 20.7. The fraction of sp³-hybridized carbons (Fsp3) is 0.818. The van der Waals surface area contributed by atoms with Crippen molar-refractivity contribution in [2.45, 2.75) is 110 Å². The second kappa shape index (κ2) is 20.0. The number of carboxylic acids is 1. The molecule has 152 valence electrons. The van der Waals surface area contributed by atoms with Gasteiger partial charge in [0, 0.05) is 18.7 Å². The number of nitrogens with one attached hydrogen (secondary N) is 1. The largest absolute Gasteiger partial charge is 0.478 e. The maximum absolute atomic E-state index is 11.2. The summed E-state index contributed by atoms with van der Waals surface area (Å²) in [4.78, 5) is 21.5. The van der Waals surface area contributed by atoms with Crippen molar-refractivity contribution in [3.63, 3.8) is 0 Å². The van der Waals surface area contributed by atoms with Gasteiger partial charge in [-0.25, -0.2) is 4.79 Å². The average Bonchev–Trinajstić information content (AvgIpc) is 2.62. The van der Waals surface area contributed by atoms with Crippen LogP contribution in [-0.2, 0) is 9.59 Å². The Kier molecular flexibility index (Phi) is 19.0. The lowest BCUT2D eigenvalue weighted by atomic mass is 10.0. The fourth-order valence-electron chi connectivity index (χ4n) is 3.09.